The predicted molar refractivity (Wildman–Crippen MR) is 264 cm³/mol. The maximum atomic E-state index is 14.0. The van der Waals surface area contributed by atoms with Crippen LogP contribution < -0.4 is 34.9 Å². The summed E-state index contributed by atoms with van der Waals surface area (Å²) in [5.41, 5.74) is 0.665. The average molecular weight is 962 g/mol. The number of carbonyl (C=O) groups excluding carboxylic acids is 4. The van der Waals surface area contributed by atoms with Crippen molar-refractivity contribution in [2.45, 2.75) is 45.6 Å². The van der Waals surface area contributed by atoms with Crippen LogP contribution in [0.5, 0.6) is 23.0 Å². The summed E-state index contributed by atoms with van der Waals surface area (Å²) in [6, 6.07) is 40.7. The maximum Gasteiger partial charge on any atom is 0.415 e. The Labute approximate surface area is 397 Å². The van der Waals surface area contributed by atoms with Gasteiger partial charge in [0.05, 0.1) is 16.4 Å². The lowest BCUT2D eigenvalue weighted by molar-refractivity contribution is -0.138. The largest absolute Gasteiger partial charge is 0.480 e. The van der Waals surface area contributed by atoms with Gasteiger partial charge in [0.25, 0.3) is 0 Å². The molecule has 2 amide bonds. The molecule has 0 spiro atoms. The van der Waals surface area contributed by atoms with Crippen LogP contribution in [0.4, 0.5) is 9.59 Å². The fourth-order valence-corrected chi connectivity index (χ4v) is 14.1. The molecule has 0 bridgehead atoms. The van der Waals surface area contributed by atoms with Gasteiger partial charge in [-0.3, -0.25) is 14.6 Å². The maximum absolute atomic E-state index is 14.0. The highest BCUT2D eigenvalue weighted by atomic mass is 32.2. The minimum Gasteiger partial charge on any atom is -0.480 e. The molecule has 1 atom stereocenters. The zero-order valence-corrected chi connectivity index (χ0v) is 39.8. The molecular weight excluding hydrogens is 912 g/mol. The van der Waals surface area contributed by atoms with Gasteiger partial charge in [-0.2, -0.15) is 0 Å². The number of unbranched alkanes of at least 4 members (excludes halogenated alkanes) is 3. The Morgan fingerprint density at radius 2 is 1.22 bits per heavy atom. The molecule has 6 aromatic rings. The van der Waals surface area contributed by atoms with Crippen molar-refractivity contribution in [3.05, 3.63) is 132 Å². The smallest absolute Gasteiger partial charge is 0.415 e. The van der Waals surface area contributed by atoms with E-state index in [1.54, 1.807) is 23.1 Å². The Balaban J connectivity index is 1.03. The summed E-state index contributed by atoms with van der Waals surface area (Å²) in [7, 11) is -0.453. The first-order chi connectivity index (χ1) is 32.4. The average Bonchev–Trinajstić information content (AvgIpc) is 4.00. The monoisotopic (exact) mass is 961 g/mol. The number of aliphatic carboxylic acids is 1. The molecule has 1 aliphatic heterocycles. The predicted octanol–water partition coefficient (Wildman–Crippen LogP) is 8.58. The summed E-state index contributed by atoms with van der Waals surface area (Å²) in [5, 5.41) is 14.6. The van der Waals surface area contributed by atoms with Crippen LogP contribution in [-0.4, -0.2) is 99.7 Å². The van der Waals surface area contributed by atoms with E-state index in [1.165, 1.54) is 83.0 Å². The van der Waals surface area contributed by atoms with E-state index in [4.69, 9.17) is 18.9 Å². The first-order valence-corrected chi connectivity index (χ1v) is 25.5. The number of benzene rings is 5. The van der Waals surface area contributed by atoms with E-state index in [2.05, 4.69) is 101 Å². The second kappa shape index (κ2) is 22.7. The third kappa shape index (κ3) is 12.4. The molecule has 0 aliphatic carbocycles. The number of hydrogen-bond donors (Lipinski definition) is 1. The molecule has 1 N–H and O–H groups in total. The fraction of sp³-hybridized carbons (Fsp3) is 0.260. The number of ether oxygens (including phenoxy) is 4. The number of rotatable bonds is 19. The molecular formula is C50H50N4O10PS2+. The number of fused-ring (bicyclic) bond motifs is 1. The number of nitrogens with zero attached hydrogens (tertiary/aromatic N) is 4. The Hall–Kier alpha value is -6.61. The van der Waals surface area contributed by atoms with Gasteiger partial charge in [0, 0.05) is 58.4 Å². The minimum absolute atomic E-state index is 0.0133. The second-order valence-electron chi connectivity index (χ2n) is 15.6. The van der Waals surface area contributed by atoms with Crippen LogP contribution in [0.3, 0.4) is 0 Å². The highest BCUT2D eigenvalue weighted by Crippen LogP contribution is 2.56. The van der Waals surface area contributed by atoms with E-state index in [1.807, 2.05) is 0 Å². The van der Waals surface area contributed by atoms with Gasteiger partial charge in [0.15, 0.2) is 17.5 Å². The molecule has 0 unspecified atom stereocenters. The molecule has 14 nitrogen and oxygen atoms in total. The molecule has 346 valence electrons. The quantitative estimate of drug-likeness (QED) is 0.0355. The minimum atomic E-state index is -1.99. The number of aromatic nitrogens is 1. The van der Waals surface area contributed by atoms with Gasteiger partial charge in [-0.05, 0) is 79.9 Å². The van der Waals surface area contributed by atoms with Crippen molar-refractivity contribution >= 4 is 91.6 Å². The van der Waals surface area contributed by atoms with Crippen molar-refractivity contribution in [3.63, 3.8) is 0 Å². The highest BCUT2D eigenvalue weighted by Gasteiger charge is 2.44. The molecule has 1 aliphatic rings. The summed E-state index contributed by atoms with van der Waals surface area (Å²) >= 11 is 2.69. The van der Waals surface area contributed by atoms with Crippen LogP contribution >= 0.6 is 30.4 Å². The first-order valence-electron chi connectivity index (χ1n) is 21.7. The molecule has 0 radical (unpaired) electrons. The molecule has 5 aromatic carbocycles. The van der Waals surface area contributed by atoms with Gasteiger partial charge in [-0.25, -0.2) is 19.4 Å². The van der Waals surface area contributed by atoms with Crippen LogP contribution in [0.1, 0.15) is 44.5 Å². The Kier molecular flexibility index (Phi) is 16.4. The number of aliphatic imine (C=N–C) groups is 1. The summed E-state index contributed by atoms with van der Waals surface area (Å²) < 4.78 is 22.6. The molecule has 1 aromatic heterocycles. The van der Waals surface area contributed by atoms with Crippen LogP contribution in [0, 0.1) is 0 Å². The third-order valence-corrected chi connectivity index (χ3v) is 17.6. The van der Waals surface area contributed by atoms with Crippen molar-refractivity contribution < 1.29 is 48.0 Å². The van der Waals surface area contributed by atoms with Gasteiger partial charge in [0.1, 0.15) is 44.7 Å². The molecule has 17 heteroatoms. The van der Waals surface area contributed by atoms with Crippen LogP contribution in [0.25, 0.3) is 10.2 Å². The normalized spacial score (nSPS) is 13.4. The van der Waals surface area contributed by atoms with Crippen LogP contribution in [-0.2, 0) is 14.4 Å². The Bertz CT molecular complexity index is 2640. The lowest BCUT2D eigenvalue weighted by atomic mass is 10.2. The Morgan fingerprint density at radius 1 is 0.657 bits per heavy atom. The second-order valence-corrected chi connectivity index (χ2v) is 21.3. The summed E-state index contributed by atoms with van der Waals surface area (Å²) in [6.07, 6.45) is 3.05. The number of hydrogen-bond acceptors (Lipinski definition) is 13. The van der Waals surface area contributed by atoms with Gasteiger partial charge in [-0.15, -0.1) is 23.1 Å². The number of amides is 2. The fourth-order valence-electron chi connectivity index (χ4n) is 7.59. The zero-order chi connectivity index (χ0) is 47.3. The first kappa shape index (κ1) is 48.3. The molecule has 67 heavy (non-hydrogen) atoms. The van der Waals surface area contributed by atoms with Crippen LogP contribution in [0.15, 0.2) is 132 Å². The molecule has 0 saturated carbocycles. The van der Waals surface area contributed by atoms with Crippen molar-refractivity contribution in [1.29, 1.82) is 0 Å². The van der Waals surface area contributed by atoms with E-state index in [0.29, 0.717) is 40.0 Å². The molecule has 0 saturated heterocycles. The number of carboxylic acid groups (broad SMARTS) is 1. The van der Waals surface area contributed by atoms with Crippen molar-refractivity contribution in [1.82, 2.24) is 14.8 Å². The summed E-state index contributed by atoms with van der Waals surface area (Å²) in [6.45, 7) is 2.96. The SMILES string of the molecule is CC(=O)Oc1ccc(OC(=O)N(C)CCN(CCCCCC[P+](c2ccccc2)(c2ccccc2)c2ccccc2)C(=O)Oc2ccc3nc(C4=N[C@@H](C(=O)O)CS4)sc3c2)cc1OC(C)=O. The van der Waals surface area contributed by atoms with E-state index in [9.17, 15) is 29.1 Å². The Morgan fingerprint density at radius 3 is 1.82 bits per heavy atom. The molecule has 2 heterocycles. The lowest BCUT2D eigenvalue weighted by Crippen LogP contribution is -2.42. The lowest BCUT2D eigenvalue weighted by Gasteiger charge is -2.28. The number of thiazole rings is 1. The van der Waals surface area contributed by atoms with Crippen molar-refractivity contribution in [2.75, 3.05) is 38.6 Å². The van der Waals surface area contributed by atoms with Gasteiger partial charge in [-0.1, -0.05) is 61.0 Å². The van der Waals surface area contributed by atoms with E-state index >= 15 is 0 Å². The van der Waals surface area contributed by atoms with E-state index < -0.39 is 43.4 Å². The third-order valence-electron chi connectivity index (χ3n) is 10.8. The van der Waals surface area contributed by atoms with Gasteiger partial charge < -0.3 is 33.9 Å². The van der Waals surface area contributed by atoms with Gasteiger partial charge >= 0.3 is 30.1 Å². The molecule has 7 rings (SSSR count). The standard InChI is InChI=1S/C50H49N4O10PS2/c1-34(55)61-43-26-24-36(31-44(43)62-35(2)56)63-49(59)53(3)28-29-54(50(60)64-37-23-25-41-45(32-37)67-47(51-41)46-52-42(33-66-46)48(57)58)27-15-4-5-16-30-65(38-17-9-6-10-18-38,39-19-11-7-12-20-39)40-21-13-8-14-22-40/h6-14,17-26,31-32,42H,4-5,15-16,27-30,33H2,1-3H3/p+1/t42-/m1/s1. The number of thioether (sulfide) groups is 1. The topological polar surface area (TPSA) is 174 Å². The van der Waals surface area contributed by atoms with Crippen molar-refractivity contribution in [3.8, 4) is 23.0 Å². The summed E-state index contributed by atoms with van der Waals surface area (Å²) in [4.78, 5) is 73.9. The highest BCUT2D eigenvalue weighted by molar-refractivity contribution is 8.15. The number of esters is 2. The number of carboxylic acids is 1. The zero-order valence-electron chi connectivity index (χ0n) is 37.2. The van der Waals surface area contributed by atoms with Crippen molar-refractivity contribution in [2.24, 2.45) is 4.99 Å². The molecule has 0 fully saturated rings. The van der Waals surface area contributed by atoms with E-state index in [-0.39, 0.29) is 30.3 Å². The van der Waals surface area contributed by atoms with E-state index in [0.717, 1.165) is 30.1 Å². The van der Waals surface area contributed by atoms with Crippen LogP contribution in [0.2, 0.25) is 0 Å². The number of carbonyl (C=O) groups is 5. The summed E-state index contributed by atoms with van der Waals surface area (Å²) in [5.74, 6) is -1.69. The van der Waals surface area contributed by atoms with Gasteiger partial charge in [0.2, 0.25) is 0 Å². The number of likely N-dealkylation sites (N-methyl/N-ethyl adjacent to an activating group) is 1.